The molecule has 8 nitrogen and oxygen atoms in total. The summed E-state index contributed by atoms with van der Waals surface area (Å²) >= 11 is 0. The number of guanidine groups is 1. The summed E-state index contributed by atoms with van der Waals surface area (Å²) in [6, 6.07) is 6.39. The minimum Gasteiger partial charge on any atom is -0.379 e. The number of aromatic nitrogens is 3. The van der Waals surface area contributed by atoms with Crippen LogP contribution < -0.4 is 10.6 Å². The van der Waals surface area contributed by atoms with Gasteiger partial charge in [-0.05, 0) is 18.1 Å². The maximum atomic E-state index is 5.48. The summed E-state index contributed by atoms with van der Waals surface area (Å²) in [6.07, 6.45) is 2.77. The van der Waals surface area contributed by atoms with Crippen LogP contribution in [-0.4, -0.2) is 77.9 Å². The number of aliphatic imine (C=N–C) groups is 1. The van der Waals surface area contributed by atoms with Crippen LogP contribution in [0.2, 0.25) is 0 Å². The molecule has 2 N–H and O–H groups in total. The molecule has 0 spiro atoms. The monoisotopic (exact) mass is 501 g/mol. The van der Waals surface area contributed by atoms with Crippen LogP contribution in [0.15, 0.2) is 29.4 Å². The molecule has 1 aliphatic heterocycles. The number of pyridine rings is 1. The predicted molar refractivity (Wildman–Crippen MR) is 122 cm³/mol. The van der Waals surface area contributed by atoms with Crippen LogP contribution in [-0.2, 0) is 11.2 Å². The summed E-state index contributed by atoms with van der Waals surface area (Å²) in [5, 5.41) is 15.3. The van der Waals surface area contributed by atoms with Gasteiger partial charge < -0.3 is 15.4 Å². The number of nitrogens with zero attached hydrogens (tertiary/aromatic N) is 5. The summed E-state index contributed by atoms with van der Waals surface area (Å²) in [5.74, 6) is 2.33. The SMILES string of the molecule is CN=C(NCCc1nnc2ccccn12)NCC(C(C)C)N1CCOCC1.I. The van der Waals surface area contributed by atoms with Crippen LogP contribution >= 0.6 is 24.0 Å². The molecule has 1 fully saturated rings. The van der Waals surface area contributed by atoms with Gasteiger partial charge in [0.05, 0.1) is 13.2 Å². The Hall–Kier alpha value is -1.46. The van der Waals surface area contributed by atoms with Gasteiger partial charge in [-0.1, -0.05) is 19.9 Å². The van der Waals surface area contributed by atoms with Crippen LogP contribution in [0.5, 0.6) is 0 Å². The topological polar surface area (TPSA) is 79.1 Å². The van der Waals surface area contributed by atoms with E-state index in [0.717, 1.165) is 63.2 Å². The van der Waals surface area contributed by atoms with Gasteiger partial charge in [-0.3, -0.25) is 14.3 Å². The lowest BCUT2D eigenvalue weighted by Gasteiger charge is -2.37. The fourth-order valence-electron chi connectivity index (χ4n) is 3.47. The maximum Gasteiger partial charge on any atom is 0.191 e. The lowest BCUT2D eigenvalue weighted by molar-refractivity contribution is 0.00752. The molecule has 0 aromatic carbocycles. The first-order valence-electron chi connectivity index (χ1n) is 9.74. The molecule has 0 bridgehead atoms. The Morgan fingerprint density at radius 3 is 2.71 bits per heavy atom. The zero-order valence-electron chi connectivity index (χ0n) is 17.0. The molecule has 1 saturated heterocycles. The van der Waals surface area contributed by atoms with Crippen LogP contribution in [0.3, 0.4) is 0 Å². The fraction of sp³-hybridized carbons (Fsp3) is 0.632. The van der Waals surface area contributed by atoms with E-state index in [2.05, 4.69) is 44.6 Å². The van der Waals surface area contributed by atoms with E-state index in [9.17, 15) is 0 Å². The minimum absolute atomic E-state index is 0. The fourth-order valence-corrected chi connectivity index (χ4v) is 3.47. The third-order valence-electron chi connectivity index (χ3n) is 5.01. The van der Waals surface area contributed by atoms with E-state index in [-0.39, 0.29) is 24.0 Å². The largest absolute Gasteiger partial charge is 0.379 e. The van der Waals surface area contributed by atoms with Crippen molar-refractivity contribution >= 4 is 35.6 Å². The van der Waals surface area contributed by atoms with Crippen LogP contribution in [0.1, 0.15) is 19.7 Å². The van der Waals surface area contributed by atoms with Gasteiger partial charge in [0.15, 0.2) is 11.6 Å². The third-order valence-corrected chi connectivity index (χ3v) is 5.01. The van der Waals surface area contributed by atoms with Gasteiger partial charge in [-0.25, -0.2) is 0 Å². The Labute approximate surface area is 184 Å². The quantitative estimate of drug-likeness (QED) is 0.340. The zero-order chi connectivity index (χ0) is 19.1. The van der Waals surface area contributed by atoms with Crippen molar-refractivity contribution in [3.05, 3.63) is 30.2 Å². The summed E-state index contributed by atoms with van der Waals surface area (Å²) in [4.78, 5) is 6.86. The van der Waals surface area contributed by atoms with Gasteiger partial charge in [-0.15, -0.1) is 34.2 Å². The van der Waals surface area contributed by atoms with Crippen molar-refractivity contribution in [2.45, 2.75) is 26.3 Å². The average molecular weight is 501 g/mol. The van der Waals surface area contributed by atoms with Crippen molar-refractivity contribution in [3.63, 3.8) is 0 Å². The normalized spacial score (nSPS) is 16.8. The molecule has 1 atom stereocenters. The van der Waals surface area contributed by atoms with Crippen molar-refractivity contribution < 1.29 is 4.74 Å². The van der Waals surface area contributed by atoms with E-state index in [1.54, 1.807) is 7.05 Å². The molecular weight excluding hydrogens is 469 g/mol. The second-order valence-corrected chi connectivity index (χ2v) is 7.13. The van der Waals surface area contributed by atoms with Gasteiger partial charge >= 0.3 is 0 Å². The van der Waals surface area contributed by atoms with Crippen molar-refractivity contribution in [3.8, 4) is 0 Å². The average Bonchev–Trinajstić information content (AvgIpc) is 3.10. The van der Waals surface area contributed by atoms with Crippen LogP contribution in [0.4, 0.5) is 0 Å². The Balaban J connectivity index is 0.00000280. The highest BCUT2D eigenvalue weighted by molar-refractivity contribution is 14.0. The Morgan fingerprint density at radius 1 is 1.21 bits per heavy atom. The first-order valence-corrected chi connectivity index (χ1v) is 9.74. The highest BCUT2D eigenvalue weighted by Gasteiger charge is 2.23. The molecule has 0 amide bonds. The summed E-state index contributed by atoms with van der Waals surface area (Å²) in [5.41, 5.74) is 0.875. The lowest BCUT2D eigenvalue weighted by atomic mass is 10.0. The number of hydrogen-bond acceptors (Lipinski definition) is 5. The summed E-state index contributed by atoms with van der Waals surface area (Å²) in [6.45, 7) is 9.80. The second kappa shape index (κ2) is 11.5. The third kappa shape index (κ3) is 6.02. The van der Waals surface area contributed by atoms with E-state index in [0.29, 0.717) is 12.0 Å². The maximum absolute atomic E-state index is 5.48. The lowest BCUT2D eigenvalue weighted by Crippen LogP contribution is -2.52. The standard InChI is InChI=1S/C19H31N7O.HI/c1-15(2)16(25-10-12-27-13-11-25)14-22-19(20-3)21-8-7-18-24-23-17-6-4-5-9-26(17)18;/h4-6,9,15-16H,7-8,10-14H2,1-3H3,(H2,20,21,22);1H. The highest BCUT2D eigenvalue weighted by atomic mass is 127. The number of rotatable bonds is 7. The first-order chi connectivity index (χ1) is 13.2. The Kier molecular flexibility index (Phi) is 9.39. The van der Waals surface area contributed by atoms with Crippen LogP contribution in [0.25, 0.3) is 5.65 Å². The minimum atomic E-state index is 0. The summed E-state index contributed by atoms with van der Waals surface area (Å²) in [7, 11) is 1.81. The van der Waals surface area contributed by atoms with Crippen molar-refractivity contribution in [1.29, 1.82) is 0 Å². The van der Waals surface area contributed by atoms with Crippen LogP contribution in [0, 0.1) is 5.92 Å². The summed E-state index contributed by atoms with van der Waals surface area (Å²) < 4.78 is 7.50. The molecule has 9 heteroatoms. The smallest absolute Gasteiger partial charge is 0.191 e. The van der Waals surface area contributed by atoms with E-state index < -0.39 is 0 Å². The Morgan fingerprint density at radius 2 is 2.00 bits per heavy atom. The van der Waals surface area contributed by atoms with E-state index in [1.807, 2.05) is 28.8 Å². The molecule has 1 aliphatic rings. The van der Waals surface area contributed by atoms with E-state index >= 15 is 0 Å². The highest BCUT2D eigenvalue weighted by Crippen LogP contribution is 2.12. The van der Waals surface area contributed by atoms with E-state index in [1.165, 1.54) is 0 Å². The second-order valence-electron chi connectivity index (χ2n) is 7.13. The molecular formula is C19H32IN7O. The number of nitrogens with one attached hydrogen (secondary N) is 2. The molecule has 1 unspecified atom stereocenters. The first kappa shape index (κ1) is 22.8. The van der Waals surface area contributed by atoms with Crippen molar-refractivity contribution in [2.24, 2.45) is 10.9 Å². The molecule has 2 aromatic heterocycles. The molecule has 156 valence electrons. The molecule has 0 saturated carbocycles. The van der Waals surface area contributed by atoms with Crippen molar-refractivity contribution in [2.75, 3.05) is 46.4 Å². The molecule has 28 heavy (non-hydrogen) atoms. The molecule has 3 heterocycles. The number of morpholine rings is 1. The van der Waals surface area contributed by atoms with Gasteiger partial charge in [0.2, 0.25) is 0 Å². The zero-order valence-corrected chi connectivity index (χ0v) is 19.3. The number of hydrogen-bond donors (Lipinski definition) is 2. The van der Waals surface area contributed by atoms with E-state index in [4.69, 9.17) is 4.74 Å². The Bertz CT molecular complexity index is 743. The van der Waals surface area contributed by atoms with Gasteiger partial charge in [0, 0.05) is 51.9 Å². The van der Waals surface area contributed by atoms with Gasteiger partial charge in [0.1, 0.15) is 5.82 Å². The molecule has 0 radical (unpaired) electrons. The molecule has 2 aromatic rings. The van der Waals surface area contributed by atoms with Gasteiger partial charge in [-0.2, -0.15) is 0 Å². The molecule has 0 aliphatic carbocycles. The molecule has 3 rings (SSSR count). The number of ether oxygens (including phenoxy) is 1. The van der Waals surface area contributed by atoms with Crippen molar-refractivity contribution in [1.82, 2.24) is 30.1 Å². The van der Waals surface area contributed by atoms with Gasteiger partial charge in [0.25, 0.3) is 0 Å². The number of halogens is 1. The number of fused-ring (bicyclic) bond motifs is 1. The predicted octanol–water partition coefficient (Wildman–Crippen LogP) is 1.41.